The fourth-order valence-electron chi connectivity index (χ4n) is 3.11. The molecule has 1 amide bonds. The van der Waals surface area contributed by atoms with E-state index in [0.717, 1.165) is 25.0 Å². The molecule has 1 aliphatic heterocycles. The van der Waals surface area contributed by atoms with E-state index in [1.807, 2.05) is 18.2 Å². The Bertz CT molecular complexity index is 583. The number of carboxylic acids is 1. The number of likely N-dealkylation sites (tertiary alicyclic amines) is 1. The Morgan fingerprint density at radius 1 is 1.21 bits per heavy atom. The first-order chi connectivity index (χ1) is 11.3. The molecular weight excluding hydrogens is 306 g/mol. The van der Waals surface area contributed by atoms with Crippen LogP contribution >= 0.6 is 0 Å². The third kappa shape index (κ3) is 4.73. The van der Waals surface area contributed by atoms with E-state index in [9.17, 15) is 9.59 Å². The van der Waals surface area contributed by atoms with Gasteiger partial charge in [0.25, 0.3) is 0 Å². The van der Waals surface area contributed by atoms with E-state index < -0.39 is 11.9 Å². The Morgan fingerprint density at radius 2 is 1.83 bits per heavy atom. The summed E-state index contributed by atoms with van der Waals surface area (Å²) in [5.74, 6) is -0.743. The number of rotatable bonds is 4. The van der Waals surface area contributed by atoms with Gasteiger partial charge in [0, 0.05) is 13.1 Å². The number of carboxylic acid groups (broad SMARTS) is 1. The number of piperidine rings is 1. The van der Waals surface area contributed by atoms with Gasteiger partial charge in [-0.1, -0.05) is 39.0 Å². The first-order valence-electron chi connectivity index (χ1n) is 8.53. The lowest BCUT2D eigenvalue weighted by molar-refractivity contribution is -0.156. The van der Waals surface area contributed by atoms with Crippen LogP contribution in [-0.2, 0) is 15.0 Å². The van der Waals surface area contributed by atoms with Gasteiger partial charge in [0.1, 0.15) is 5.75 Å². The number of nitrogens with zero attached hydrogens (tertiary/aromatic N) is 1. The molecule has 1 saturated heterocycles. The van der Waals surface area contributed by atoms with Crippen molar-refractivity contribution in [2.75, 3.05) is 19.7 Å². The zero-order valence-electron chi connectivity index (χ0n) is 14.7. The van der Waals surface area contributed by atoms with Crippen LogP contribution in [0.5, 0.6) is 5.75 Å². The van der Waals surface area contributed by atoms with E-state index in [1.165, 1.54) is 10.5 Å². The standard InChI is InChI=1S/C19H27NO4/c1-19(2,3)15-6-4-5-7-16(15)24-13-10-14-8-11-20(12-9-14)17(21)18(22)23/h4-7,14H,8-13H2,1-3H3,(H,22,23). The van der Waals surface area contributed by atoms with Crippen molar-refractivity contribution in [2.45, 2.75) is 45.4 Å². The van der Waals surface area contributed by atoms with Crippen LogP contribution in [0, 0.1) is 5.92 Å². The normalized spacial score (nSPS) is 16.0. The van der Waals surface area contributed by atoms with Crippen LogP contribution in [0.1, 0.15) is 45.6 Å². The third-order valence-corrected chi connectivity index (χ3v) is 4.56. The van der Waals surface area contributed by atoms with E-state index in [2.05, 4.69) is 26.8 Å². The Labute approximate surface area is 143 Å². The first-order valence-corrected chi connectivity index (χ1v) is 8.53. The minimum absolute atomic E-state index is 0.0408. The average molecular weight is 333 g/mol. The Kier molecular flexibility index (Phi) is 5.86. The topological polar surface area (TPSA) is 66.8 Å². The SMILES string of the molecule is CC(C)(C)c1ccccc1OCCC1CCN(C(=O)C(=O)O)CC1. The van der Waals surface area contributed by atoms with Gasteiger partial charge < -0.3 is 14.7 Å². The van der Waals surface area contributed by atoms with Crippen LogP contribution in [0.2, 0.25) is 0 Å². The van der Waals surface area contributed by atoms with E-state index in [-0.39, 0.29) is 5.41 Å². The number of aliphatic carboxylic acids is 1. The molecule has 2 rings (SSSR count). The molecule has 0 aliphatic carbocycles. The number of hydrogen-bond acceptors (Lipinski definition) is 3. The molecule has 0 unspecified atom stereocenters. The lowest BCUT2D eigenvalue weighted by Gasteiger charge is -2.31. The molecule has 0 bridgehead atoms. The first kappa shape index (κ1) is 18.3. The highest BCUT2D eigenvalue weighted by Gasteiger charge is 2.26. The number of hydrogen-bond donors (Lipinski definition) is 1. The van der Waals surface area contributed by atoms with E-state index >= 15 is 0 Å². The summed E-state index contributed by atoms with van der Waals surface area (Å²) in [4.78, 5) is 23.6. The second-order valence-electron chi connectivity index (χ2n) is 7.42. The third-order valence-electron chi connectivity index (χ3n) is 4.56. The van der Waals surface area contributed by atoms with Gasteiger partial charge in [-0.15, -0.1) is 0 Å². The van der Waals surface area contributed by atoms with Crippen LogP contribution in [0.25, 0.3) is 0 Å². The molecule has 1 aromatic rings. The van der Waals surface area contributed by atoms with Gasteiger partial charge in [-0.05, 0) is 42.2 Å². The summed E-state index contributed by atoms with van der Waals surface area (Å²) in [7, 11) is 0. The molecule has 1 aliphatic rings. The second-order valence-corrected chi connectivity index (χ2v) is 7.42. The van der Waals surface area contributed by atoms with Crippen molar-refractivity contribution in [1.29, 1.82) is 0 Å². The molecule has 1 fully saturated rings. The Balaban J connectivity index is 1.80. The lowest BCUT2D eigenvalue weighted by Crippen LogP contribution is -2.42. The zero-order chi connectivity index (χ0) is 17.7. The molecule has 0 aromatic heterocycles. The van der Waals surface area contributed by atoms with Gasteiger partial charge >= 0.3 is 11.9 Å². The Hall–Kier alpha value is -2.04. The summed E-state index contributed by atoms with van der Waals surface area (Å²) in [5.41, 5.74) is 1.24. The van der Waals surface area contributed by atoms with Crippen molar-refractivity contribution >= 4 is 11.9 Å². The predicted octanol–water partition coefficient (Wildman–Crippen LogP) is 3.08. The van der Waals surface area contributed by atoms with E-state index in [0.29, 0.717) is 25.6 Å². The van der Waals surface area contributed by atoms with Crippen LogP contribution < -0.4 is 4.74 Å². The van der Waals surface area contributed by atoms with E-state index in [1.54, 1.807) is 0 Å². The smallest absolute Gasteiger partial charge is 0.394 e. The fraction of sp³-hybridized carbons (Fsp3) is 0.579. The summed E-state index contributed by atoms with van der Waals surface area (Å²) >= 11 is 0. The average Bonchev–Trinajstić information content (AvgIpc) is 2.54. The van der Waals surface area contributed by atoms with Crippen molar-refractivity contribution in [3.63, 3.8) is 0 Å². The highest BCUT2D eigenvalue weighted by molar-refractivity contribution is 6.31. The molecular formula is C19H27NO4. The van der Waals surface area contributed by atoms with Crippen LogP contribution in [0.3, 0.4) is 0 Å². The molecule has 0 spiro atoms. The molecule has 1 aromatic carbocycles. The summed E-state index contributed by atoms with van der Waals surface area (Å²) in [6, 6.07) is 8.13. The van der Waals surface area contributed by atoms with Gasteiger partial charge in [-0.3, -0.25) is 4.79 Å². The maximum atomic E-state index is 11.4. The summed E-state index contributed by atoms with van der Waals surface area (Å²) in [6.07, 6.45) is 2.60. The van der Waals surface area contributed by atoms with Crippen LogP contribution in [0.15, 0.2) is 24.3 Å². The van der Waals surface area contributed by atoms with Gasteiger partial charge in [0.05, 0.1) is 6.61 Å². The molecule has 5 heteroatoms. The second kappa shape index (κ2) is 7.69. The highest BCUT2D eigenvalue weighted by Crippen LogP contribution is 2.31. The van der Waals surface area contributed by atoms with Crippen molar-refractivity contribution in [3.8, 4) is 5.75 Å². The molecule has 0 atom stereocenters. The molecule has 1 heterocycles. The number of ether oxygens (including phenoxy) is 1. The highest BCUT2D eigenvalue weighted by atomic mass is 16.5. The summed E-state index contributed by atoms with van der Waals surface area (Å²) in [5, 5.41) is 8.75. The Morgan fingerprint density at radius 3 is 2.42 bits per heavy atom. The number of carbonyl (C=O) groups excluding carboxylic acids is 1. The van der Waals surface area contributed by atoms with Crippen LogP contribution in [0.4, 0.5) is 0 Å². The molecule has 132 valence electrons. The summed E-state index contributed by atoms with van der Waals surface area (Å²) in [6.45, 7) is 8.20. The molecule has 24 heavy (non-hydrogen) atoms. The number of amides is 1. The molecule has 0 radical (unpaired) electrons. The molecule has 0 saturated carbocycles. The van der Waals surface area contributed by atoms with Gasteiger partial charge in [-0.25, -0.2) is 4.79 Å². The number of benzene rings is 1. The van der Waals surface area contributed by atoms with Crippen LogP contribution in [-0.4, -0.2) is 41.6 Å². The van der Waals surface area contributed by atoms with Gasteiger partial charge in [0.15, 0.2) is 0 Å². The molecule has 5 nitrogen and oxygen atoms in total. The predicted molar refractivity (Wildman–Crippen MR) is 92.2 cm³/mol. The maximum Gasteiger partial charge on any atom is 0.394 e. The largest absolute Gasteiger partial charge is 0.493 e. The van der Waals surface area contributed by atoms with Crippen molar-refractivity contribution in [2.24, 2.45) is 5.92 Å². The number of carbonyl (C=O) groups is 2. The van der Waals surface area contributed by atoms with Gasteiger partial charge in [0.2, 0.25) is 0 Å². The minimum Gasteiger partial charge on any atom is -0.493 e. The minimum atomic E-state index is -1.37. The molecule has 1 N–H and O–H groups in total. The maximum absolute atomic E-state index is 11.4. The quantitative estimate of drug-likeness (QED) is 0.860. The zero-order valence-corrected chi connectivity index (χ0v) is 14.7. The van der Waals surface area contributed by atoms with Crippen molar-refractivity contribution in [1.82, 2.24) is 4.90 Å². The lowest BCUT2D eigenvalue weighted by atomic mass is 9.86. The fourth-order valence-corrected chi connectivity index (χ4v) is 3.11. The van der Waals surface area contributed by atoms with Crippen molar-refractivity contribution < 1.29 is 19.4 Å². The van der Waals surface area contributed by atoms with Gasteiger partial charge in [-0.2, -0.15) is 0 Å². The number of para-hydroxylation sites is 1. The van der Waals surface area contributed by atoms with Crippen molar-refractivity contribution in [3.05, 3.63) is 29.8 Å². The van der Waals surface area contributed by atoms with E-state index in [4.69, 9.17) is 9.84 Å². The summed E-state index contributed by atoms with van der Waals surface area (Å²) < 4.78 is 6.00. The monoisotopic (exact) mass is 333 g/mol.